The van der Waals surface area contributed by atoms with Crippen molar-refractivity contribution in [3.8, 4) is 0 Å². The van der Waals surface area contributed by atoms with E-state index in [2.05, 4.69) is 36.5 Å². The summed E-state index contributed by atoms with van der Waals surface area (Å²) in [7, 11) is 0. The molecule has 0 amide bonds. The molecule has 1 aromatic rings. The number of rotatable bonds is 6. The standard InChI is InChI=1S/C14H21BrN4O3/c1-2-22-12(21)8-17-13-14(19-11(15)7-16-13)18-9-3-5-10(20)6-4-9/h7,9-10,20H,2-6,8H2,1H3,(H,16,17)(H,18,19)/t9-,10-. The van der Waals surface area contributed by atoms with Crippen LogP contribution in [0.5, 0.6) is 0 Å². The van der Waals surface area contributed by atoms with Gasteiger partial charge in [0.1, 0.15) is 11.1 Å². The first-order valence-corrected chi connectivity index (χ1v) is 8.24. The van der Waals surface area contributed by atoms with E-state index in [-0.39, 0.29) is 24.7 Å². The fourth-order valence-electron chi connectivity index (χ4n) is 2.38. The molecular formula is C14H21BrN4O3. The van der Waals surface area contributed by atoms with Gasteiger partial charge in [-0.2, -0.15) is 0 Å². The zero-order chi connectivity index (χ0) is 15.9. The Kier molecular flexibility index (Phi) is 6.38. The van der Waals surface area contributed by atoms with Crippen LogP contribution in [-0.4, -0.2) is 46.3 Å². The topological polar surface area (TPSA) is 96.4 Å². The van der Waals surface area contributed by atoms with Crippen LogP contribution in [0.15, 0.2) is 10.8 Å². The fraction of sp³-hybridized carbons (Fsp3) is 0.643. The number of carbonyl (C=O) groups excluding carboxylic acids is 1. The summed E-state index contributed by atoms with van der Waals surface area (Å²) in [5.41, 5.74) is 0. The first kappa shape index (κ1) is 17.0. The third-order valence-electron chi connectivity index (χ3n) is 3.49. The lowest BCUT2D eigenvalue weighted by atomic mass is 9.93. The average molecular weight is 373 g/mol. The molecule has 0 aliphatic heterocycles. The second-order valence-electron chi connectivity index (χ2n) is 5.20. The Morgan fingerprint density at radius 2 is 2.14 bits per heavy atom. The van der Waals surface area contributed by atoms with Gasteiger partial charge in [-0.3, -0.25) is 4.79 Å². The molecular weight excluding hydrogens is 352 g/mol. The van der Waals surface area contributed by atoms with Gasteiger partial charge in [-0.15, -0.1) is 0 Å². The van der Waals surface area contributed by atoms with Gasteiger partial charge in [-0.05, 0) is 48.5 Å². The van der Waals surface area contributed by atoms with Crippen molar-refractivity contribution in [3.63, 3.8) is 0 Å². The van der Waals surface area contributed by atoms with E-state index < -0.39 is 0 Å². The van der Waals surface area contributed by atoms with E-state index in [9.17, 15) is 9.90 Å². The lowest BCUT2D eigenvalue weighted by Gasteiger charge is -2.27. The van der Waals surface area contributed by atoms with E-state index in [0.29, 0.717) is 22.8 Å². The maximum absolute atomic E-state index is 11.4. The molecule has 2 rings (SSSR count). The number of aliphatic hydroxyl groups excluding tert-OH is 1. The van der Waals surface area contributed by atoms with Crippen LogP contribution in [0.2, 0.25) is 0 Å². The number of nitrogens with zero attached hydrogens (tertiary/aromatic N) is 2. The molecule has 0 spiro atoms. The molecule has 1 aromatic heterocycles. The largest absolute Gasteiger partial charge is 0.465 e. The van der Waals surface area contributed by atoms with E-state index in [1.165, 1.54) is 0 Å². The second kappa shape index (κ2) is 8.28. The van der Waals surface area contributed by atoms with Crippen molar-refractivity contribution in [1.82, 2.24) is 9.97 Å². The smallest absolute Gasteiger partial charge is 0.325 e. The Morgan fingerprint density at radius 1 is 1.41 bits per heavy atom. The Bertz CT molecular complexity index is 507. The molecule has 3 N–H and O–H groups in total. The van der Waals surface area contributed by atoms with Gasteiger partial charge >= 0.3 is 5.97 Å². The van der Waals surface area contributed by atoms with Crippen LogP contribution >= 0.6 is 15.9 Å². The fourth-order valence-corrected chi connectivity index (χ4v) is 2.66. The van der Waals surface area contributed by atoms with Gasteiger partial charge in [0.15, 0.2) is 11.6 Å². The number of halogens is 1. The third kappa shape index (κ3) is 5.10. The van der Waals surface area contributed by atoms with Gasteiger partial charge in [0, 0.05) is 6.04 Å². The molecule has 1 fully saturated rings. The quantitative estimate of drug-likeness (QED) is 0.656. The summed E-state index contributed by atoms with van der Waals surface area (Å²) in [5.74, 6) is 0.779. The van der Waals surface area contributed by atoms with E-state index >= 15 is 0 Å². The van der Waals surface area contributed by atoms with Crippen molar-refractivity contribution in [2.24, 2.45) is 0 Å². The van der Waals surface area contributed by atoms with Crippen molar-refractivity contribution < 1.29 is 14.6 Å². The molecule has 1 heterocycles. The van der Waals surface area contributed by atoms with Crippen LogP contribution in [0.3, 0.4) is 0 Å². The summed E-state index contributed by atoms with van der Waals surface area (Å²) in [5, 5.41) is 15.8. The van der Waals surface area contributed by atoms with E-state index in [4.69, 9.17) is 4.74 Å². The second-order valence-corrected chi connectivity index (χ2v) is 6.01. The molecule has 0 atom stereocenters. The molecule has 22 heavy (non-hydrogen) atoms. The minimum Gasteiger partial charge on any atom is -0.465 e. The van der Waals surface area contributed by atoms with Gasteiger partial charge in [-0.25, -0.2) is 9.97 Å². The first-order chi connectivity index (χ1) is 10.6. The van der Waals surface area contributed by atoms with Gasteiger partial charge in [0.25, 0.3) is 0 Å². The molecule has 0 radical (unpaired) electrons. The van der Waals surface area contributed by atoms with E-state index in [1.807, 2.05) is 0 Å². The predicted octanol–water partition coefficient (Wildman–Crippen LogP) is 1.93. The van der Waals surface area contributed by atoms with Crippen molar-refractivity contribution in [1.29, 1.82) is 0 Å². The molecule has 7 nitrogen and oxygen atoms in total. The zero-order valence-corrected chi connectivity index (χ0v) is 14.1. The highest BCUT2D eigenvalue weighted by Crippen LogP contribution is 2.25. The molecule has 0 unspecified atom stereocenters. The minimum atomic E-state index is -0.334. The molecule has 0 bridgehead atoms. The van der Waals surface area contributed by atoms with Crippen LogP contribution < -0.4 is 10.6 Å². The summed E-state index contributed by atoms with van der Waals surface area (Å²) in [6.07, 6.45) is 4.70. The summed E-state index contributed by atoms with van der Waals surface area (Å²) in [4.78, 5) is 20.1. The SMILES string of the molecule is CCOC(=O)CNc1ncc(Br)nc1N[C@H]1CC[C@H](O)CC1. The monoisotopic (exact) mass is 372 g/mol. The number of hydrogen-bond acceptors (Lipinski definition) is 7. The Morgan fingerprint density at radius 3 is 2.82 bits per heavy atom. The highest BCUT2D eigenvalue weighted by molar-refractivity contribution is 9.10. The summed E-state index contributed by atoms with van der Waals surface area (Å²) in [6, 6.07) is 0.246. The third-order valence-corrected chi connectivity index (χ3v) is 3.87. The average Bonchev–Trinajstić information content (AvgIpc) is 2.49. The number of esters is 1. The van der Waals surface area contributed by atoms with Gasteiger partial charge in [0.2, 0.25) is 0 Å². The normalized spacial score (nSPS) is 21.2. The van der Waals surface area contributed by atoms with Crippen LogP contribution in [-0.2, 0) is 9.53 Å². The highest BCUT2D eigenvalue weighted by Gasteiger charge is 2.21. The number of nitrogens with one attached hydrogen (secondary N) is 2. The van der Waals surface area contributed by atoms with Crippen molar-refractivity contribution in [2.75, 3.05) is 23.8 Å². The lowest BCUT2D eigenvalue weighted by molar-refractivity contribution is -0.140. The lowest BCUT2D eigenvalue weighted by Crippen LogP contribution is -2.29. The zero-order valence-electron chi connectivity index (χ0n) is 12.5. The number of carbonyl (C=O) groups is 1. The summed E-state index contributed by atoms with van der Waals surface area (Å²) in [6.45, 7) is 2.16. The molecule has 1 aliphatic carbocycles. The molecule has 122 valence electrons. The molecule has 1 saturated carbocycles. The van der Waals surface area contributed by atoms with Crippen molar-refractivity contribution in [2.45, 2.75) is 44.8 Å². The first-order valence-electron chi connectivity index (χ1n) is 7.45. The minimum absolute atomic E-state index is 0.0439. The maximum atomic E-state index is 11.4. The molecule has 1 aliphatic rings. The van der Waals surface area contributed by atoms with Crippen LogP contribution in [0.4, 0.5) is 11.6 Å². The Balaban J connectivity index is 1.99. The number of hydrogen-bond donors (Lipinski definition) is 3. The predicted molar refractivity (Wildman–Crippen MR) is 86.7 cm³/mol. The summed E-state index contributed by atoms with van der Waals surface area (Å²) < 4.78 is 5.50. The Labute approximate surface area is 138 Å². The maximum Gasteiger partial charge on any atom is 0.325 e. The van der Waals surface area contributed by atoms with Gasteiger partial charge in [0.05, 0.1) is 18.9 Å². The van der Waals surface area contributed by atoms with Gasteiger partial charge < -0.3 is 20.5 Å². The highest BCUT2D eigenvalue weighted by atomic mass is 79.9. The number of ether oxygens (including phenoxy) is 1. The molecule has 0 saturated heterocycles. The number of aromatic nitrogens is 2. The van der Waals surface area contributed by atoms with Crippen LogP contribution in [0.1, 0.15) is 32.6 Å². The van der Waals surface area contributed by atoms with Crippen molar-refractivity contribution >= 4 is 33.5 Å². The van der Waals surface area contributed by atoms with Crippen molar-refractivity contribution in [3.05, 3.63) is 10.8 Å². The Hall–Kier alpha value is -1.41. The summed E-state index contributed by atoms with van der Waals surface area (Å²) >= 11 is 3.30. The molecule has 8 heteroatoms. The van der Waals surface area contributed by atoms with E-state index in [0.717, 1.165) is 25.7 Å². The number of aliphatic hydroxyl groups is 1. The number of anilines is 2. The van der Waals surface area contributed by atoms with Crippen LogP contribution in [0, 0.1) is 0 Å². The van der Waals surface area contributed by atoms with E-state index in [1.54, 1.807) is 13.1 Å². The van der Waals surface area contributed by atoms with Gasteiger partial charge in [-0.1, -0.05) is 0 Å². The molecule has 0 aromatic carbocycles. The van der Waals surface area contributed by atoms with Crippen LogP contribution in [0.25, 0.3) is 0 Å².